The van der Waals surface area contributed by atoms with Crippen LogP contribution in [0, 0.1) is 15.2 Å². The lowest BCUT2D eigenvalue weighted by Gasteiger charge is -2.40. The molecule has 0 aromatic heterocycles. The van der Waals surface area contributed by atoms with Gasteiger partial charge in [0, 0.05) is 41.9 Å². The second-order valence-electron chi connectivity index (χ2n) is 9.40. The van der Waals surface area contributed by atoms with E-state index in [0.717, 1.165) is 21.6 Å². The molecule has 10 heteroatoms. The molecule has 0 aliphatic carbocycles. The molecule has 1 heterocycles. The third-order valence-corrected chi connectivity index (χ3v) is 7.20. The van der Waals surface area contributed by atoms with Gasteiger partial charge in [-0.05, 0) is 77.7 Å². The molecule has 3 N–H and O–H groups in total. The van der Waals surface area contributed by atoms with E-state index < -0.39 is 23.8 Å². The monoisotopic (exact) mass is 628 g/mol. The van der Waals surface area contributed by atoms with Gasteiger partial charge < -0.3 is 20.6 Å². The minimum atomic E-state index is -1.01. The molecule has 1 fully saturated rings. The Balaban J connectivity index is 1.65. The highest BCUT2D eigenvalue weighted by Crippen LogP contribution is 2.15. The van der Waals surface area contributed by atoms with Gasteiger partial charge in [-0.1, -0.05) is 19.1 Å². The third kappa shape index (κ3) is 8.98. The first-order chi connectivity index (χ1) is 17.7. The molecule has 3 atom stereocenters. The van der Waals surface area contributed by atoms with Gasteiger partial charge in [0.25, 0.3) is 0 Å². The maximum atomic E-state index is 13.8. The minimum Gasteiger partial charge on any atom is -0.390 e. The van der Waals surface area contributed by atoms with E-state index >= 15 is 0 Å². The summed E-state index contributed by atoms with van der Waals surface area (Å²) in [6, 6.07) is 10.4. The Morgan fingerprint density at radius 1 is 1.16 bits per heavy atom. The fourth-order valence-electron chi connectivity index (χ4n) is 4.73. The quantitative estimate of drug-likeness (QED) is 0.315. The van der Waals surface area contributed by atoms with E-state index in [1.54, 1.807) is 4.90 Å². The Morgan fingerprint density at radius 2 is 1.89 bits per heavy atom. The zero-order valence-corrected chi connectivity index (χ0v) is 23.4. The second-order valence-corrected chi connectivity index (χ2v) is 10.6. The molecule has 3 rings (SSSR count). The number of hydrogen-bond donors (Lipinski definition) is 3. The van der Waals surface area contributed by atoms with Crippen molar-refractivity contribution in [2.75, 3.05) is 32.7 Å². The number of aliphatic hydroxyl groups is 1. The summed E-state index contributed by atoms with van der Waals surface area (Å²) < 4.78 is 28.7. The molecule has 202 valence electrons. The van der Waals surface area contributed by atoms with Crippen LogP contribution in [-0.2, 0) is 22.6 Å². The molecule has 0 unspecified atom stereocenters. The van der Waals surface area contributed by atoms with E-state index in [2.05, 4.69) is 33.2 Å². The second kappa shape index (κ2) is 14.1. The maximum absolute atomic E-state index is 13.8. The minimum absolute atomic E-state index is 0.00356. The van der Waals surface area contributed by atoms with Gasteiger partial charge in [0.2, 0.25) is 11.8 Å². The Bertz CT molecular complexity index is 1050. The van der Waals surface area contributed by atoms with Crippen LogP contribution in [0.25, 0.3) is 0 Å². The number of carbonyl (C=O) groups is 2. The Kier molecular flexibility index (Phi) is 11.2. The number of benzene rings is 2. The average molecular weight is 629 g/mol. The fourth-order valence-corrected chi connectivity index (χ4v) is 5.33. The largest absolute Gasteiger partial charge is 0.390 e. The van der Waals surface area contributed by atoms with E-state index in [4.69, 9.17) is 0 Å². The summed E-state index contributed by atoms with van der Waals surface area (Å²) in [4.78, 5) is 29.1. The lowest BCUT2D eigenvalue weighted by Crippen LogP contribution is -2.58. The number of halogens is 3. The molecule has 2 aromatic rings. The molecule has 2 amide bonds. The van der Waals surface area contributed by atoms with Crippen molar-refractivity contribution in [2.24, 2.45) is 0 Å². The number of aliphatic hydroxyl groups excluding tert-OH is 1. The fraction of sp³-hybridized carbons (Fsp3) is 0.481. The normalized spacial score (nSPS) is 18.1. The first-order valence-electron chi connectivity index (χ1n) is 12.6. The number of piperazine rings is 1. The Labute approximate surface area is 230 Å². The van der Waals surface area contributed by atoms with E-state index in [1.807, 2.05) is 43.0 Å². The smallest absolute Gasteiger partial charge is 0.237 e. The summed E-state index contributed by atoms with van der Waals surface area (Å²) in [6.07, 6.45) is -0.178. The molecular formula is C27H35F2IN4O3. The molecule has 1 aliphatic heterocycles. The van der Waals surface area contributed by atoms with Crippen LogP contribution in [0.4, 0.5) is 8.78 Å². The van der Waals surface area contributed by atoms with Gasteiger partial charge in [0.15, 0.2) is 0 Å². The number of carbonyl (C=O) groups excluding carboxylic acids is 2. The third-order valence-electron chi connectivity index (χ3n) is 6.53. The summed E-state index contributed by atoms with van der Waals surface area (Å²) in [7, 11) is 0. The van der Waals surface area contributed by atoms with Gasteiger partial charge in [-0.2, -0.15) is 0 Å². The number of amides is 2. The summed E-state index contributed by atoms with van der Waals surface area (Å²) in [6.45, 7) is 6.00. The molecule has 0 radical (unpaired) electrons. The first-order valence-corrected chi connectivity index (χ1v) is 13.7. The first kappa shape index (κ1) is 29.4. The van der Waals surface area contributed by atoms with Gasteiger partial charge in [-0.3, -0.25) is 14.5 Å². The van der Waals surface area contributed by atoms with Crippen molar-refractivity contribution in [3.63, 3.8) is 0 Å². The van der Waals surface area contributed by atoms with Gasteiger partial charge in [0.1, 0.15) is 11.6 Å². The van der Waals surface area contributed by atoms with Crippen molar-refractivity contribution < 1.29 is 23.5 Å². The number of hydrogen-bond acceptors (Lipinski definition) is 5. The molecular weight excluding hydrogens is 593 g/mol. The summed E-state index contributed by atoms with van der Waals surface area (Å²) >= 11 is 2.23. The van der Waals surface area contributed by atoms with Gasteiger partial charge in [0.05, 0.1) is 25.2 Å². The standard InChI is InChI=1S/C27H35F2IN4O3/c1-3-23-15-33(17-27(37)34(23)4-2)16-26(36)32-24(11-19-8-20(28)12-21(29)9-19)25(35)14-31-13-18-6-5-7-22(30)10-18/h5-10,12,23-25,31,35H,3-4,11,13-17H2,1-2H3,(H,32,36)/t23-,24-,25+/m0/s1. The van der Waals surface area contributed by atoms with Crippen LogP contribution in [0.2, 0.25) is 0 Å². The lowest BCUT2D eigenvalue weighted by molar-refractivity contribution is -0.140. The zero-order chi connectivity index (χ0) is 26.9. The summed E-state index contributed by atoms with van der Waals surface area (Å²) in [5.41, 5.74) is 1.38. The summed E-state index contributed by atoms with van der Waals surface area (Å²) in [5, 5.41) is 17.0. The SMILES string of the molecule is CC[C@H]1CN(CC(=O)N[C@@H](Cc2cc(F)cc(F)c2)[C@H](O)CNCc2cccc(I)c2)CC(=O)N1CC. The van der Waals surface area contributed by atoms with Crippen molar-refractivity contribution in [1.82, 2.24) is 20.4 Å². The molecule has 0 bridgehead atoms. The molecule has 37 heavy (non-hydrogen) atoms. The van der Waals surface area contributed by atoms with Crippen LogP contribution < -0.4 is 10.6 Å². The predicted octanol–water partition coefficient (Wildman–Crippen LogP) is 2.69. The molecule has 0 spiro atoms. The van der Waals surface area contributed by atoms with Crippen LogP contribution in [0.5, 0.6) is 0 Å². The van der Waals surface area contributed by atoms with Crippen LogP contribution in [0.3, 0.4) is 0 Å². The topological polar surface area (TPSA) is 84.9 Å². The zero-order valence-electron chi connectivity index (χ0n) is 21.2. The molecule has 0 saturated carbocycles. The number of rotatable bonds is 12. The van der Waals surface area contributed by atoms with E-state index in [1.165, 1.54) is 12.1 Å². The van der Waals surface area contributed by atoms with Crippen LogP contribution in [-0.4, -0.2) is 77.6 Å². The van der Waals surface area contributed by atoms with E-state index in [0.29, 0.717) is 25.2 Å². The van der Waals surface area contributed by atoms with Crippen molar-refractivity contribution in [3.05, 3.63) is 68.8 Å². The Morgan fingerprint density at radius 3 is 2.54 bits per heavy atom. The van der Waals surface area contributed by atoms with Crippen molar-refractivity contribution in [1.29, 1.82) is 0 Å². The summed E-state index contributed by atoms with van der Waals surface area (Å²) in [5.74, 6) is -1.81. The average Bonchev–Trinajstić information content (AvgIpc) is 2.82. The van der Waals surface area contributed by atoms with Crippen LogP contribution >= 0.6 is 22.6 Å². The molecule has 7 nitrogen and oxygen atoms in total. The number of nitrogens with zero attached hydrogens (tertiary/aromatic N) is 2. The number of likely N-dealkylation sites (N-methyl/N-ethyl adjacent to an activating group) is 1. The van der Waals surface area contributed by atoms with Gasteiger partial charge in [-0.25, -0.2) is 8.78 Å². The molecule has 2 aromatic carbocycles. The predicted molar refractivity (Wildman–Crippen MR) is 147 cm³/mol. The highest BCUT2D eigenvalue weighted by atomic mass is 127. The van der Waals surface area contributed by atoms with Crippen LogP contribution in [0.1, 0.15) is 31.4 Å². The van der Waals surface area contributed by atoms with Gasteiger partial charge in [-0.15, -0.1) is 0 Å². The highest BCUT2D eigenvalue weighted by Gasteiger charge is 2.32. The van der Waals surface area contributed by atoms with Crippen molar-refractivity contribution in [2.45, 2.75) is 51.4 Å². The number of nitrogens with one attached hydrogen (secondary N) is 2. The van der Waals surface area contributed by atoms with E-state index in [-0.39, 0.29) is 43.9 Å². The molecule has 1 saturated heterocycles. The molecule has 1 aliphatic rings. The van der Waals surface area contributed by atoms with Crippen molar-refractivity contribution >= 4 is 34.4 Å². The van der Waals surface area contributed by atoms with E-state index in [9.17, 15) is 23.5 Å². The van der Waals surface area contributed by atoms with Crippen LogP contribution in [0.15, 0.2) is 42.5 Å². The highest BCUT2D eigenvalue weighted by molar-refractivity contribution is 14.1. The maximum Gasteiger partial charge on any atom is 0.237 e. The Hall–Kier alpha value is -2.15. The van der Waals surface area contributed by atoms with Gasteiger partial charge >= 0.3 is 0 Å². The lowest BCUT2D eigenvalue weighted by atomic mass is 10.0. The van der Waals surface area contributed by atoms with Crippen molar-refractivity contribution in [3.8, 4) is 0 Å².